The van der Waals surface area contributed by atoms with Gasteiger partial charge in [-0.2, -0.15) is 4.98 Å². The van der Waals surface area contributed by atoms with Crippen molar-refractivity contribution in [2.45, 2.75) is 64.3 Å². The number of ketones is 2. The largest absolute Gasteiger partial charge is 0.476 e. The van der Waals surface area contributed by atoms with E-state index < -0.39 is 5.92 Å². The van der Waals surface area contributed by atoms with E-state index in [4.69, 9.17) is 10.5 Å². The Morgan fingerprint density at radius 2 is 2.06 bits per heavy atom. The van der Waals surface area contributed by atoms with Crippen molar-refractivity contribution >= 4 is 28.9 Å². The van der Waals surface area contributed by atoms with Gasteiger partial charge < -0.3 is 20.7 Å². The highest BCUT2D eigenvalue weighted by Crippen LogP contribution is 2.29. The van der Waals surface area contributed by atoms with Crippen LogP contribution < -0.4 is 15.8 Å². The van der Waals surface area contributed by atoms with Gasteiger partial charge in [-0.25, -0.2) is 9.97 Å². The molecule has 0 aromatic carbocycles. The van der Waals surface area contributed by atoms with Crippen LogP contribution >= 0.6 is 0 Å². The van der Waals surface area contributed by atoms with E-state index in [0.29, 0.717) is 61.4 Å². The number of nitrogens with zero attached hydrogens (tertiary/aromatic N) is 5. The molecule has 1 saturated heterocycles. The fourth-order valence-electron chi connectivity index (χ4n) is 4.80. The average molecular weight is 494 g/mol. The number of carbonyl (C=O) groups is 2. The molecule has 1 aliphatic heterocycles. The number of ether oxygens (including phenoxy) is 1. The average Bonchev–Trinajstić information content (AvgIpc) is 3.30. The molecule has 2 atom stereocenters. The van der Waals surface area contributed by atoms with Crippen LogP contribution in [0.1, 0.15) is 64.1 Å². The van der Waals surface area contributed by atoms with E-state index in [1.807, 2.05) is 6.92 Å². The zero-order chi connectivity index (χ0) is 25.5. The lowest BCUT2D eigenvalue weighted by molar-refractivity contribution is -0.132. The molecule has 3 N–H and O–H groups in total. The molecule has 1 saturated carbocycles. The van der Waals surface area contributed by atoms with E-state index in [0.717, 1.165) is 32.2 Å². The first-order valence-electron chi connectivity index (χ1n) is 12.8. The van der Waals surface area contributed by atoms with E-state index in [1.54, 1.807) is 24.7 Å². The van der Waals surface area contributed by atoms with Crippen molar-refractivity contribution in [3.8, 4) is 5.88 Å². The fourth-order valence-corrected chi connectivity index (χ4v) is 4.80. The summed E-state index contributed by atoms with van der Waals surface area (Å²) in [5.74, 6) is 0.638. The van der Waals surface area contributed by atoms with Gasteiger partial charge in [-0.15, -0.1) is 0 Å². The van der Waals surface area contributed by atoms with Crippen molar-refractivity contribution in [1.29, 1.82) is 0 Å². The molecule has 10 nitrogen and oxygen atoms in total. The molecule has 192 valence electrons. The molecule has 2 fully saturated rings. The number of carbonyl (C=O) groups excluding carboxylic acids is 2. The highest BCUT2D eigenvalue weighted by Gasteiger charge is 2.32. The van der Waals surface area contributed by atoms with E-state index in [9.17, 15) is 9.59 Å². The first-order valence-corrected chi connectivity index (χ1v) is 12.8. The normalized spacial score (nSPS) is 21.2. The molecule has 0 amide bonds. The SMILES string of the molecule is CCCC(C(=O)[C@H]1CCCCC1=O)=C(N)c1nc(Nc2cnccn2)cc(OC[C@@H]2CCCN2C)n1. The number of hydrogen-bond acceptors (Lipinski definition) is 10. The van der Waals surface area contributed by atoms with Gasteiger partial charge in [0.25, 0.3) is 0 Å². The van der Waals surface area contributed by atoms with Gasteiger partial charge in [0.2, 0.25) is 5.88 Å². The van der Waals surface area contributed by atoms with Gasteiger partial charge in [-0.05, 0) is 45.7 Å². The number of nitrogens with one attached hydrogen (secondary N) is 1. The van der Waals surface area contributed by atoms with Gasteiger partial charge in [0.1, 0.15) is 24.0 Å². The van der Waals surface area contributed by atoms with Crippen LogP contribution in [0.25, 0.3) is 5.70 Å². The molecule has 2 aliphatic rings. The van der Waals surface area contributed by atoms with Gasteiger partial charge in [0.15, 0.2) is 11.6 Å². The van der Waals surface area contributed by atoms with Crippen LogP contribution in [-0.2, 0) is 9.59 Å². The maximum absolute atomic E-state index is 13.4. The fraction of sp³-hybridized carbons (Fsp3) is 0.538. The lowest BCUT2D eigenvalue weighted by Gasteiger charge is -2.22. The van der Waals surface area contributed by atoms with Crippen LogP contribution in [0.2, 0.25) is 0 Å². The third kappa shape index (κ3) is 6.23. The van der Waals surface area contributed by atoms with Crippen molar-refractivity contribution in [3.05, 3.63) is 36.1 Å². The van der Waals surface area contributed by atoms with E-state index in [1.165, 1.54) is 0 Å². The molecule has 10 heteroatoms. The summed E-state index contributed by atoms with van der Waals surface area (Å²) in [6, 6.07) is 1.99. The van der Waals surface area contributed by atoms with Crippen molar-refractivity contribution in [3.63, 3.8) is 0 Å². The summed E-state index contributed by atoms with van der Waals surface area (Å²) in [5, 5.41) is 3.11. The first kappa shape index (κ1) is 25.7. The molecule has 0 bridgehead atoms. The molecule has 0 spiro atoms. The smallest absolute Gasteiger partial charge is 0.219 e. The van der Waals surface area contributed by atoms with Crippen molar-refractivity contribution in [2.24, 2.45) is 11.7 Å². The number of hydrogen-bond donors (Lipinski definition) is 2. The summed E-state index contributed by atoms with van der Waals surface area (Å²) in [4.78, 5) is 45.6. The first-order chi connectivity index (χ1) is 17.5. The lowest BCUT2D eigenvalue weighted by Crippen LogP contribution is -2.31. The third-order valence-corrected chi connectivity index (χ3v) is 6.85. The minimum Gasteiger partial charge on any atom is -0.476 e. The topological polar surface area (TPSA) is 136 Å². The quantitative estimate of drug-likeness (QED) is 0.375. The van der Waals surface area contributed by atoms with Crippen molar-refractivity contribution in [1.82, 2.24) is 24.8 Å². The highest BCUT2D eigenvalue weighted by atomic mass is 16.5. The number of Topliss-reactive ketones (excluding diaryl/α,β-unsaturated/α-hetero) is 2. The minimum absolute atomic E-state index is 0.00338. The van der Waals surface area contributed by atoms with Gasteiger partial charge in [0, 0.05) is 36.5 Å². The number of likely N-dealkylation sites (tertiary alicyclic amines) is 1. The standard InChI is InChI=1S/C26H35N7O3/c1-3-7-19(25(35)18-9-4-5-10-20(18)34)24(27)26-31-21(30-22-15-28-11-12-29-22)14-23(32-26)36-16-17-8-6-13-33(17)2/h11-12,14-15,17-18H,3-10,13,16,27H2,1-2H3,(H,29,30,31,32)/t17-,18-/m0/s1. The monoisotopic (exact) mass is 493 g/mol. The summed E-state index contributed by atoms with van der Waals surface area (Å²) in [7, 11) is 2.09. The Morgan fingerprint density at radius 1 is 1.19 bits per heavy atom. The summed E-state index contributed by atoms with van der Waals surface area (Å²) >= 11 is 0. The molecule has 2 aromatic rings. The van der Waals surface area contributed by atoms with Crippen LogP contribution in [0.15, 0.2) is 30.2 Å². The molecular weight excluding hydrogens is 458 g/mol. The summed E-state index contributed by atoms with van der Waals surface area (Å²) in [6.07, 6.45) is 10.8. The number of rotatable bonds is 10. The number of aromatic nitrogens is 4. The number of allylic oxidation sites excluding steroid dienone is 1. The molecule has 36 heavy (non-hydrogen) atoms. The second-order valence-electron chi connectivity index (χ2n) is 9.49. The molecule has 2 aromatic heterocycles. The van der Waals surface area contributed by atoms with Crippen LogP contribution in [0, 0.1) is 5.92 Å². The van der Waals surface area contributed by atoms with Crippen molar-refractivity contribution < 1.29 is 14.3 Å². The summed E-state index contributed by atoms with van der Waals surface area (Å²) < 4.78 is 6.08. The molecule has 0 unspecified atom stereocenters. The lowest BCUT2D eigenvalue weighted by atomic mass is 9.81. The predicted octanol–water partition coefficient (Wildman–Crippen LogP) is 3.28. The Morgan fingerprint density at radius 3 is 2.75 bits per heavy atom. The second-order valence-corrected chi connectivity index (χ2v) is 9.49. The highest BCUT2D eigenvalue weighted by molar-refractivity contribution is 6.13. The zero-order valence-electron chi connectivity index (χ0n) is 21.1. The number of anilines is 2. The Hall–Kier alpha value is -3.40. The van der Waals surface area contributed by atoms with E-state index >= 15 is 0 Å². The predicted molar refractivity (Wildman–Crippen MR) is 136 cm³/mol. The van der Waals surface area contributed by atoms with Crippen LogP contribution in [0.5, 0.6) is 5.88 Å². The third-order valence-electron chi connectivity index (χ3n) is 6.85. The Kier molecular flexibility index (Phi) is 8.58. The second kappa shape index (κ2) is 12.0. The van der Waals surface area contributed by atoms with Crippen LogP contribution in [0.3, 0.4) is 0 Å². The van der Waals surface area contributed by atoms with Gasteiger partial charge in [-0.1, -0.05) is 19.8 Å². The van der Waals surface area contributed by atoms with Gasteiger partial charge in [-0.3, -0.25) is 14.6 Å². The van der Waals surface area contributed by atoms with E-state index in [-0.39, 0.29) is 23.1 Å². The van der Waals surface area contributed by atoms with Crippen molar-refractivity contribution in [2.75, 3.05) is 25.5 Å². The maximum atomic E-state index is 13.4. The molecule has 1 aliphatic carbocycles. The van der Waals surface area contributed by atoms with Crippen LogP contribution in [-0.4, -0.2) is 62.6 Å². The number of nitrogens with two attached hydrogens (primary N) is 1. The molecule has 4 rings (SSSR count). The maximum Gasteiger partial charge on any atom is 0.219 e. The molecule has 0 radical (unpaired) electrons. The molecule has 3 heterocycles. The Bertz CT molecular complexity index is 1110. The summed E-state index contributed by atoms with van der Waals surface area (Å²) in [5.41, 5.74) is 7.15. The van der Waals surface area contributed by atoms with E-state index in [2.05, 4.69) is 37.2 Å². The van der Waals surface area contributed by atoms with Crippen LogP contribution in [0.4, 0.5) is 11.6 Å². The van der Waals surface area contributed by atoms with Gasteiger partial charge >= 0.3 is 0 Å². The number of likely N-dealkylation sites (N-methyl/N-ethyl adjacent to an activating group) is 1. The molecular formula is C26H35N7O3. The summed E-state index contributed by atoms with van der Waals surface area (Å²) in [6.45, 7) is 3.50. The Balaban J connectivity index is 1.67. The Labute approximate surface area is 211 Å². The zero-order valence-corrected chi connectivity index (χ0v) is 21.1. The van der Waals surface area contributed by atoms with Gasteiger partial charge in [0.05, 0.1) is 17.8 Å². The minimum atomic E-state index is -0.631.